The largest absolute Gasteiger partial charge is 0.359 e. The molecule has 35 heavy (non-hydrogen) atoms. The summed E-state index contributed by atoms with van der Waals surface area (Å²) in [5.74, 6) is 0.0145. The molecule has 0 unspecified atom stereocenters. The quantitative estimate of drug-likeness (QED) is 0.0911. The van der Waals surface area contributed by atoms with E-state index in [4.69, 9.17) is 0 Å². The molecule has 0 radical (unpaired) electrons. The van der Waals surface area contributed by atoms with Crippen LogP contribution in [0, 0.1) is 0 Å². The van der Waals surface area contributed by atoms with Crippen LogP contribution >= 0.6 is 0 Å². The number of hydrogen-bond donors (Lipinski definition) is 6. The Bertz CT molecular complexity index is 606. The first-order valence-electron chi connectivity index (χ1n) is 12.6. The molecule has 0 spiro atoms. The zero-order valence-electron chi connectivity index (χ0n) is 22.1. The molecule has 6 N–H and O–H groups in total. The molecule has 0 aliphatic rings. The summed E-state index contributed by atoms with van der Waals surface area (Å²) in [5.41, 5.74) is 0. The lowest BCUT2D eigenvalue weighted by atomic mass is 10.3. The highest BCUT2D eigenvalue weighted by Gasteiger charge is 2.11. The molecule has 0 fully saturated rings. The first-order chi connectivity index (χ1) is 16.9. The summed E-state index contributed by atoms with van der Waals surface area (Å²) in [6, 6.07) is 0. The van der Waals surface area contributed by atoms with Gasteiger partial charge < -0.3 is 41.7 Å². The van der Waals surface area contributed by atoms with Crippen molar-refractivity contribution in [2.24, 2.45) is 0 Å². The predicted molar refractivity (Wildman–Crippen MR) is 138 cm³/mol. The summed E-state index contributed by atoms with van der Waals surface area (Å²) in [6.07, 6.45) is 1.67. The van der Waals surface area contributed by atoms with Crippen LogP contribution in [0.15, 0.2) is 0 Å². The van der Waals surface area contributed by atoms with Crippen molar-refractivity contribution >= 4 is 23.6 Å². The van der Waals surface area contributed by atoms with Crippen LogP contribution in [0.4, 0.5) is 0 Å². The molecule has 0 aromatic rings. The summed E-state index contributed by atoms with van der Waals surface area (Å²) < 4.78 is 0. The average molecular weight is 501 g/mol. The van der Waals surface area contributed by atoms with E-state index in [1.165, 1.54) is 0 Å². The van der Waals surface area contributed by atoms with Crippen molar-refractivity contribution in [2.75, 3.05) is 93.1 Å². The third-order valence-corrected chi connectivity index (χ3v) is 5.52. The summed E-state index contributed by atoms with van der Waals surface area (Å²) in [4.78, 5) is 50.7. The number of nitrogens with one attached hydrogen (secondary N) is 6. The Morgan fingerprint density at radius 1 is 0.514 bits per heavy atom. The molecule has 204 valence electrons. The standard InChI is InChI=1S/C23H48N8O4/c1-5-29-23(35)9-16-30(14-7-21(33)25-3)17-12-28-13-19-31(15-8-22(34)26-4)18-11-27-10-6-20(32)24-2/h27-28H,5-19H2,1-4H3,(H,24,32)(H,25,33)(H,26,34)(H,29,35). The van der Waals surface area contributed by atoms with Gasteiger partial charge in [0.2, 0.25) is 23.6 Å². The fourth-order valence-corrected chi connectivity index (χ4v) is 3.27. The molecule has 0 saturated carbocycles. The van der Waals surface area contributed by atoms with E-state index in [1.807, 2.05) is 6.92 Å². The van der Waals surface area contributed by atoms with Crippen LogP contribution in [0.3, 0.4) is 0 Å². The van der Waals surface area contributed by atoms with Crippen LogP contribution < -0.4 is 31.9 Å². The minimum absolute atomic E-state index is 0.00790. The Balaban J connectivity index is 4.43. The van der Waals surface area contributed by atoms with Gasteiger partial charge >= 0.3 is 0 Å². The minimum Gasteiger partial charge on any atom is -0.359 e. The fourth-order valence-electron chi connectivity index (χ4n) is 3.27. The molecule has 0 bridgehead atoms. The lowest BCUT2D eigenvalue weighted by Crippen LogP contribution is -2.41. The molecule has 0 aromatic carbocycles. The van der Waals surface area contributed by atoms with E-state index in [2.05, 4.69) is 41.7 Å². The van der Waals surface area contributed by atoms with Crippen molar-refractivity contribution in [2.45, 2.75) is 32.6 Å². The van der Waals surface area contributed by atoms with E-state index in [-0.39, 0.29) is 23.6 Å². The second-order valence-corrected chi connectivity index (χ2v) is 8.16. The molecule has 0 aromatic heterocycles. The van der Waals surface area contributed by atoms with E-state index >= 15 is 0 Å². The Hall–Kier alpha value is -2.28. The van der Waals surface area contributed by atoms with E-state index in [1.54, 1.807) is 21.1 Å². The van der Waals surface area contributed by atoms with Gasteiger partial charge in [-0.25, -0.2) is 0 Å². The van der Waals surface area contributed by atoms with Crippen LogP contribution in [0.25, 0.3) is 0 Å². The van der Waals surface area contributed by atoms with Gasteiger partial charge in [0.25, 0.3) is 0 Å². The number of carbonyl (C=O) groups excluding carboxylic acids is 4. The van der Waals surface area contributed by atoms with Crippen molar-refractivity contribution in [1.29, 1.82) is 0 Å². The highest BCUT2D eigenvalue weighted by Crippen LogP contribution is 1.96. The van der Waals surface area contributed by atoms with Gasteiger partial charge in [-0.2, -0.15) is 0 Å². The lowest BCUT2D eigenvalue weighted by molar-refractivity contribution is -0.122. The average Bonchev–Trinajstić information content (AvgIpc) is 2.86. The normalized spacial score (nSPS) is 10.9. The Kier molecular flexibility index (Phi) is 20.8. The number of carbonyl (C=O) groups is 4. The first kappa shape index (κ1) is 32.7. The van der Waals surface area contributed by atoms with Crippen molar-refractivity contribution in [3.05, 3.63) is 0 Å². The van der Waals surface area contributed by atoms with Gasteiger partial charge in [-0.3, -0.25) is 19.2 Å². The van der Waals surface area contributed by atoms with Crippen LogP contribution in [0.1, 0.15) is 32.6 Å². The second kappa shape index (κ2) is 22.2. The van der Waals surface area contributed by atoms with Crippen LogP contribution in [0.2, 0.25) is 0 Å². The Morgan fingerprint density at radius 3 is 1.31 bits per heavy atom. The molecule has 4 amide bonds. The van der Waals surface area contributed by atoms with E-state index < -0.39 is 0 Å². The van der Waals surface area contributed by atoms with E-state index in [0.29, 0.717) is 58.4 Å². The number of hydrogen-bond acceptors (Lipinski definition) is 8. The molecule has 0 rings (SSSR count). The summed E-state index contributed by atoms with van der Waals surface area (Å²) in [6.45, 7) is 9.49. The summed E-state index contributed by atoms with van der Waals surface area (Å²) >= 11 is 0. The number of nitrogens with zero attached hydrogens (tertiary/aromatic N) is 2. The molecule has 0 heterocycles. The third kappa shape index (κ3) is 19.7. The van der Waals surface area contributed by atoms with Gasteiger partial charge in [0.05, 0.1) is 0 Å². The van der Waals surface area contributed by atoms with Gasteiger partial charge in [0, 0.05) is 119 Å². The fraction of sp³-hybridized carbons (Fsp3) is 0.826. The predicted octanol–water partition coefficient (Wildman–Crippen LogP) is -2.30. The topological polar surface area (TPSA) is 147 Å². The highest BCUT2D eigenvalue weighted by molar-refractivity contribution is 5.77. The first-order valence-corrected chi connectivity index (χ1v) is 12.6. The molecular weight excluding hydrogens is 452 g/mol. The smallest absolute Gasteiger partial charge is 0.221 e. The minimum atomic E-state index is -0.0170. The maximum atomic E-state index is 11.8. The summed E-state index contributed by atoms with van der Waals surface area (Å²) in [7, 11) is 4.88. The van der Waals surface area contributed by atoms with Crippen LogP contribution in [-0.2, 0) is 19.2 Å². The maximum Gasteiger partial charge on any atom is 0.221 e. The van der Waals surface area contributed by atoms with Crippen molar-refractivity contribution in [3.63, 3.8) is 0 Å². The molecule has 0 aliphatic heterocycles. The molecule has 0 aliphatic carbocycles. The van der Waals surface area contributed by atoms with Crippen molar-refractivity contribution in [1.82, 2.24) is 41.7 Å². The van der Waals surface area contributed by atoms with Gasteiger partial charge in [-0.15, -0.1) is 0 Å². The van der Waals surface area contributed by atoms with Crippen LogP contribution in [-0.4, -0.2) is 127 Å². The lowest BCUT2D eigenvalue weighted by Gasteiger charge is -2.24. The van der Waals surface area contributed by atoms with Gasteiger partial charge in [0.1, 0.15) is 0 Å². The third-order valence-electron chi connectivity index (χ3n) is 5.52. The SMILES string of the molecule is CCNC(=O)CCN(CCNCCN(CCNCCC(=O)NC)CCC(=O)NC)CCC(=O)NC. The summed E-state index contributed by atoms with van der Waals surface area (Å²) in [5, 5.41) is 17.4. The molecule has 0 saturated heterocycles. The molecule has 12 nitrogen and oxygen atoms in total. The number of amides is 4. The zero-order valence-corrected chi connectivity index (χ0v) is 22.1. The van der Waals surface area contributed by atoms with Crippen molar-refractivity contribution < 1.29 is 19.2 Å². The Morgan fingerprint density at radius 2 is 0.886 bits per heavy atom. The molecular formula is C23H48N8O4. The highest BCUT2D eigenvalue weighted by atomic mass is 16.2. The second-order valence-electron chi connectivity index (χ2n) is 8.16. The van der Waals surface area contributed by atoms with E-state index in [0.717, 1.165) is 39.3 Å². The van der Waals surface area contributed by atoms with Crippen LogP contribution in [0.5, 0.6) is 0 Å². The van der Waals surface area contributed by atoms with Gasteiger partial charge in [-0.1, -0.05) is 0 Å². The van der Waals surface area contributed by atoms with Gasteiger partial charge in [0.15, 0.2) is 0 Å². The zero-order chi connectivity index (χ0) is 26.3. The Labute approximate surface area is 210 Å². The van der Waals surface area contributed by atoms with E-state index in [9.17, 15) is 19.2 Å². The molecule has 0 atom stereocenters. The van der Waals surface area contributed by atoms with Crippen molar-refractivity contribution in [3.8, 4) is 0 Å². The molecule has 12 heteroatoms. The van der Waals surface area contributed by atoms with Gasteiger partial charge in [-0.05, 0) is 6.92 Å². The monoisotopic (exact) mass is 500 g/mol. The number of rotatable bonds is 22. The maximum absolute atomic E-state index is 11.8.